The van der Waals surface area contributed by atoms with E-state index in [0.29, 0.717) is 6.42 Å². The highest BCUT2D eigenvalue weighted by molar-refractivity contribution is 9.10. The van der Waals surface area contributed by atoms with Gasteiger partial charge in [-0.15, -0.1) is 0 Å². The molecular weight excluding hydrogens is 426 g/mol. The quantitative estimate of drug-likeness (QED) is 0.663. The van der Waals surface area contributed by atoms with Crippen LogP contribution < -0.4 is 5.32 Å². The van der Waals surface area contributed by atoms with E-state index in [4.69, 9.17) is 0 Å². The van der Waals surface area contributed by atoms with Crippen molar-refractivity contribution in [1.29, 1.82) is 0 Å². The van der Waals surface area contributed by atoms with Gasteiger partial charge in [-0.1, -0.05) is 66.8 Å². The molecule has 0 aromatic heterocycles. The Hall–Kier alpha value is 0.130. The Balaban J connectivity index is 2.63. The molecule has 0 bridgehead atoms. The molecule has 0 unspecified atom stereocenters. The van der Waals surface area contributed by atoms with Crippen molar-refractivity contribution in [2.45, 2.75) is 25.3 Å². The lowest BCUT2D eigenvalue weighted by molar-refractivity contribution is -0.121. The largest absolute Gasteiger partial charge is 0.349 e. The summed E-state index contributed by atoms with van der Waals surface area (Å²) in [6, 6.07) is 7.81. The van der Waals surface area contributed by atoms with E-state index in [1.165, 1.54) is 0 Å². The summed E-state index contributed by atoms with van der Waals surface area (Å²) in [6.07, 6.45) is 1.30. The van der Waals surface area contributed by atoms with Gasteiger partial charge in [0.05, 0.1) is 12.0 Å². The summed E-state index contributed by atoms with van der Waals surface area (Å²) in [5.41, 5.74) is 0.816. The molecule has 0 fully saturated rings. The minimum atomic E-state index is -0.202. The number of rotatable bonds is 6. The van der Waals surface area contributed by atoms with Gasteiger partial charge in [-0.05, 0) is 24.1 Å². The van der Waals surface area contributed by atoms with Crippen LogP contribution in [0.5, 0.6) is 0 Å². The molecule has 1 rings (SSSR count). The second kappa shape index (κ2) is 7.65. The highest BCUT2D eigenvalue weighted by Crippen LogP contribution is 2.17. The van der Waals surface area contributed by atoms with Crippen LogP contribution in [0.15, 0.2) is 28.7 Å². The number of halogens is 3. The van der Waals surface area contributed by atoms with Crippen LogP contribution in [0.1, 0.15) is 18.9 Å². The van der Waals surface area contributed by atoms with Crippen LogP contribution in [0.4, 0.5) is 0 Å². The average molecular weight is 442 g/mol. The molecule has 0 aliphatic carbocycles. The highest BCUT2D eigenvalue weighted by Gasteiger charge is 2.27. The van der Waals surface area contributed by atoms with Crippen LogP contribution >= 0.6 is 47.8 Å². The lowest BCUT2D eigenvalue weighted by Gasteiger charge is -2.30. The number of nitrogens with one attached hydrogen (secondary N) is 1. The van der Waals surface area contributed by atoms with Gasteiger partial charge < -0.3 is 5.32 Å². The third-order valence-electron chi connectivity index (χ3n) is 2.87. The molecule has 5 heteroatoms. The molecule has 1 N–H and O–H groups in total. The maximum Gasteiger partial charge on any atom is 0.224 e. The Morgan fingerprint density at radius 2 is 1.78 bits per heavy atom. The molecule has 100 valence electrons. The minimum absolute atomic E-state index is 0.0538. The van der Waals surface area contributed by atoms with Crippen molar-refractivity contribution in [1.82, 2.24) is 5.32 Å². The SMILES string of the molecule is CCC(CBr)(CBr)NC(=O)Cc1ccc(Br)cc1. The number of carbonyl (C=O) groups excluding carboxylic acids is 1. The maximum atomic E-state index is 12.0. The van der Waals surface area contributed by atoms with Crippen molar-refractivity contribution in [2.24, 2.45) is 0 Å². The molecule has 0 saturated carbocycles. The Labute approximate surface area is 133 Å². The second-order valence-electron chi connectivity index (χ2n) is 4.25. The Bertz CT molecular complexity index is 379. The third-order valence-corrected chi connectivity index (χ3v) is 5.55. The monoisotopic (exact) mass is 439 g/mol. The van der Waals surface area contributed by atoms with Crippen molar-refractivity contribution in [2.75, 3.05) is 10.7 Å². The van der Waals surface area contributed by atoms with Crippen molar-refractivity contribution >= 4 is 53.7 Å². The number of benzene rings is 1. The topological polar surface area (TPSA) is 29.1 Å². The Morgan fingerprint density at radius 3 is 2.22 bits per heavy atom. The van der Waals surface area contributed by atoms with E-state index < -0.39 is 0 Å². The van der Waals surface area contributed by atoms with E-state index >= 15 is 0 Å². The zero-order valence-corrected chi connectivity index (χ0v) is 14.9. The van der Waals surface area contributed by atoms with Gasteiger partial charge in [0.25, 0.3) is 0 Å². The van der Waals surface area contributed by atoms with E-state index in [1.807, 2.05) is 24.3 Å². The summed E-state index contributed by atoms with van der Waals surface area (Å²) >= 11 is 10.3. The predicted molar refractivity (Wildman–Crippen MR) is 86.6 cm³/mol. The van der Waals surface area contributed by atoms with E-state index in [2.05, 4.69) is 60.0 Å². The van der Waals surface area contributed by atoms with Gasteiger partial charge in [0.15, 0.2) is 0 Å². The van der Waals surface area contributed by atoms with Gasteiger partial charge in [-0.3, -0.25) is 4.79 Å². The summed E-state index contributed by atoms with van der Waals surface area (Å²) in [4.78, 5) is 12.0. The molecule has 0 heterocycles. The van der Waals surface area contributed by atoms with Gasteiger partial charge in [0.2, 0.25) is 5.91 Å². The minimum Gasteiger partial charge on any atom is -0.349 e. The first-order valence-electron chi connectivity index (χ1n) is 5.72. The first kappa shape index (κ1) is 16.2. The first-order valence-corrected chi connectivity index (χ1v) is 8.76. The molecule has 18 heavy (non-hydrogen) atoms. The highest BCUT2D eigenvalue weighted by atomic mass is 79.9. The fraction of sp³-hybridized carbons (Fsp3) is 0.462. The van der Waals surface area contributed by atoms with E-state index in [1.54, 1.807) is 0 Å². The molecule has 0 atom stereocenters. The second-order valence-corrected chi connectivity index (χ2v) is 6.29. The third kappa shape index (κ3) is 4.67. The van der Waals surface area contributed by atoms with Crippen LogP contribution in [0.25, 0.3) is 0 Å². The Morgan fingerprint density at radius 1 is 1.22 bits per heavy atom. The molecular formula is C13H16Br3NO. The van der Waals surface area contributed by atoms with Gasteiger partial charge >= 0.3 is 0 Å². The Kier molecular flexibility index (Phi) is 6.88. The van der Waals surface area contributed by atoms with E-state index in [9.17, 15) is 4.79 Å². The van der Waals surface area contributed by atoms with Crippen LogP contribution in [0, 0.1) is 0 Å². The van der Waals surface area contributed by atoms with Crippen LogP contribution in [0.2, 0.25) is 0 Å². The fourth-order valence-corrected chi connectivity index (χ4v) is 3.77. The number of alkyl halides is 2. The molecule has 0 saturated heterocycles. The molecule has 2 nitrogen and oxygen atoms in total. The standard InChI is InChI=1S/C13H16Br3NO/c1-2-13(8-14,9-15)17-12(18)7-10-3-5-11(16)6-4-10/h3-6H,2,7-9H2,1H3,(H,17,18). The van der Waals surface area contributed by atoms with Crippen molar-refractivity contribution in [3.05, 3.63) is 34.3 Å². The molecule has 1 aromatic carbocycles. The van der Waals surface area contributed by atoms with Crippen LogP contribution in [-0.2, 0) is 11.2 Å². The first-order chi connectivity index (χ1) is 8.55. The lowest BCUT2D eigenvalue weighted by Crippen LogP contribution is -2.51. The van der Waals surface area contributed by atoms with Crippen molar-refractivity contribution in [3.8, 4) is 0 Å². The maximum absolute atomic E-state index is 12.0. The number of carbonyl (C=O) groups is 1. The molecule has 0 aliphatic rings. The van der Waals surface area contributed by atoms with Gasteiger partial charge in [-0.25, -0.2) is 0 Å². The van der Waals surface area contributed by atoms with Gasteiger partial charge in [-0.2, -0.15) is 0 Å². The summed E-state index contributed by atoms with van der Waals surface area (Å²) < 4.78 is 1.02. The summed E-state index contributed by atoms with van der Waals surface area (Å²) in [7, 11) is 0. The fourth-order valence-electron chi connectivity index (χ4n) is 1.51. The number of hydrogen-bond acceptors (Lipinski definition) is 1. The molecule has 0 aliphatic heterocycles. The summed E-state index contributed by atoms with van der Waals surface area (Å²) in [5, 5.41) is 4.59. The molecule has 0 spiro atoms. The number of amides is 1. The molecule has 1 aromatic rings. The van der Waals surface area contributed by atoms with Gasteiger partial charge in [0, 0.05) is 15.1 Å². The van der Waals surface area contributed by atoms with Crippen LogP contribution in [0.3, 0.4) is 0 Å². The zero-order chi connectivity index (χ0) is 13.6. The predicted octanol–water partition coefficient (Wildman–Crippen LogP) is 4.05. The number of hydrogen-bond donors (Lipinski definition) is 1. The van der Waals surface area contributed by atoms with Crippen molar-refractivity contribution < 1.29 is 4.79 Å². The van der Waals surface area contributed by atoms with E-state index in [0.717, 1.165) is 27.1 Å². The normalized spacial score (nSPS) is 11.3. The molecule has 0 radical (unpaired) electrons. The van der Waals surface area contributed by atoms with Crippen LogP contribution in [-0.4, -0.2) is 22.1 Å². The van der Waals surface area contributed by atoms with Crippen molar-refractivity contribution in [3.63, 3.8) is 0 Å². The summed E-state index contributed by atoms with van der Waals surface area (Å²) in [5.74, 6) is 0.0538. The molecule has 1 amide bonds. The average Bonchev–Trinajstić information content (AvgIpc) is 2.39. The van der Waals surface area contributed by atoms with Gasteiger partial charge in [0.1, 0.15) is 0 Å². The zero-order valence-electron chi connectivity index (χ0n) is 10.2. The van der Waals surface area contributed by atoms with E-state index in [-0.39, 0.29) is 11.4 Å². The smallest absolute Gasteiger partial charge is 0.224 e. The lowest BCUT2D eigenvalue weighted by atomic mass is 10.0. The summed E-state index contributed by atoms with van der Waals surface area (Å²) in [6.45, 7) is 2.07.